The summed E-state index contributed by atoms with van der Waals surface area (Å²) >= 11 is 0. The molecule has 3 saturated heterocycles. The lowest BCUT2D eigenvalue weighted by Gasteiger charge is -2.42. The molecule has 4 fully saturated rings. The van der Waals surface area contributed by atoms with Gasteiger partial charge in [-0.2, -0.15) is 0 Å². The first-order chi connectivity index (χ1) is 14.6. The summed E-state index contributed by atoms with van der Waals surface area (Å²) in [7, 11) is 0.240. The highest BCUT2D eigenvalue weighted by atomic mass is 32.2. The van der Waals surface area contributed by atoms with Gasteiger partial charge in [0, 0.05) is 46.4 Å². The molecule has 7 atom stereocenters. The van der Waals surface area contributed by atoms with Gasteiger partial charge < -0.3 is 4.74 Å². The SMILES string of the molecule is COC1CCC2CNN(C)C2C1NS(=O)(=O)C1CCC(N2CC(C(C)(C)C)CN2)NC1. The number of sulfonamides is 1. The fourth-order valence-corrected chi connectivity index (χ4v) is 7.47. The molecule has 4 aliphatic rings. The van der Waals surface area contributed by atoms with E-state index < -0.39 is 15.3 Å². The third-order valence-electron chi connectivity index (χ3n) is 8.07. The molecule has 0 aromatic rings. The van der Waals surface area contributed by atoms with Crippen LogP contribution < -0.4 is 20.9 Å². The monoisotopic (exact) mass is 458 g/mol. The Morgan fingerprint density at radius 3 is 2.42 bits per heavy atom. The summed E-state index contributed by atoms with van der Waals surface area (Å²) in [4.78, 5) is 0. The summed E-state index contributed by atoms with van der Waals surface area (Å²) in [6.07, 6.45) is 3.53. The number of hydrazine groups is 2. The molecule has 0 amide bonds. The van der Waals surface area contributed by atoms with E-state index in [1.807, 2.05) is 7.05 Å². The lowest BCUT2D eigenvalue weighted by Crippen LogP contribution is -2.62. The van der Waals surface area contributed by atoms with E-state index in [2.05, 4.69) is 51.7 Å². The van der Waals surface area contributed by atoms with Crippen molar-refractivity contribution in [1.29, 1.82) is 0 Å². The highest BCUT2D eigenvalue weighted by Gasteiger charge is 2.48. The van der Waals surface area contributed by atoms with Gasteiger partial charge in [-0.25, -0.2) is 23.2 Å². The van der Waals surface area contributed by atoms with Crippen molar-refractivity contribution in [1.82, 2.24) is 30.9 Å². The van der Waals surface area contributed by atoms with Crippen LogP contribution in [-0.2, 0) is 14.8 Å². The van der Waals surface area contributed by atoms with Gasteiger partial charge in [-0.3, -0.25) is 16.2 Å². The number of hydrogen-bond acceptors (Lipinski definition) is 8. The topological polar surface area (TPSA) is 98.0 Å². The molecule has 9 nitrogen and oxygen atoms in total. The van der Waals surface area contributed by atoms with Crippen LogP contribution in [0.2, 0.25) is 0 Å². The Kier molecular flexibility index (Phi) is 7.02. The van der Waals surface area contributed by atoms with Crippen LogP contribution in [0.25, 0.3) is 0 Å². The van der Waals surface area contributed by atoms with Gasteiger partial charge in [0.25, 0.3) is 0 Å². The van der Waals surface area contributed by atoms with Crippen LogP contribution in [0, 0.1) is 17.3 Å². The Morgan fingerprint density at radius 1 is 1.03 bits per heavy atom. The number of rotatable bonds is 5. The van der Waals surface area contributed by atoms with Crippen molar-refractivity contribution in [2.75, 3.05) is 40.3 Å². The molecule has 1 aliphatic carbocycles. The molecule has 10 heteroatoms. The van der Waals surface area contributed by atoms with E-state index >= 15 is 0 Å². The number of ether oxygens (including phenoxy) is 1. The van der Waals surface area contributed by atoms with Crippen LogP contribution in [-0.4, -0.2) is 88.4 Å². The van der Waals surface area contributed by atoms with E-state index in [4.69, 9.17) is 4.74 Å². The molecule has 7 unspecified atom stereocenters. The number of hydrogen-bond donors (Lipinski definition) is 4. The van der Waals surface area contributed by atoms with Gasteiger partial charge in [0.15, 0.2) is 0 Å². The van der Waals surface area contributed by atoms with Crippen molar-refractivity contribution in [3.63, 3.8) is 0 Å². The second-order valence-corrected chi connectivity index (χ2v) is 13.0. The second kappa shape index (κ2) is 9.13. The summed E-state index contributed by atoms with van der Waals surface area (Å²) in [5.74, 6) is 1.05. The molecular weight excluding hydrogens is 416 g/mol. The van der Waals surface area contributed by atoms with E-state index in [0.29, 0.717) is 24.8 Å². The number of methoxy groups -OCH3 is 1. The molecule has 4 rings (SSSR count). The molecule has 0 spiro atoms. The first kappa shape index (κ1) is 23.8. The van der Waals surface area contributed by atoms with Crippen LogP contribution >= 0.6 is 0 Å². The highest BCUT2D eigenvalue weighted by Crippen LogP contribution is 2.34. The Bertz CT molecular complexity index is 721. The van der Waals surface area contributed by atoms with Crippen LogP contribution in [0.15, 0.2) is 0 Å². The lowest BCUT2D eigenvalue weighted by atomic mass is 9.80. The smallest absolute Gasteiger partial charge is 0.216 e. The Balaban J connectivity index is 1.36. The summed E-state index contributed by atoms with van der Waals surface area (Å²) in [5, 5.41) is 7.43. The molecule has 3 aliphatic heterocycles. The maximum Gasteiger partial charge on any atom is 0.216 e. The van der Waals surface area contributed by atoms with Crippen LogP contribution in [0.1, 0.15) is 46.5 Å². The van der Waals surface area contributed by atoms with E-state index in [9.17, 15) is 8.42 Å². The number of piperidine rings is 1. The zero-order chi connectivity index (χ0) is 22.4. The van der Waals surface area contributed by atoms with Crippen LogP contribution in [0.3, 0.4) is 0 Å². The Labute approximate surface area is 188 Å². The fourth-order valence-electron chi connectivity index (χ4n) is 5.84. The van der Waals surface area contributed by atoms with Gasteiger partial charge in [-0.15, -0.1) is 0 Å². The molecule has 0 aromatic heterocycles. The molecular formula is C21H42N6O3S. The van der Waals surface area contributed by atoms with E-state index in [0.717, 1.165) is 38.9 Å². The fraction of sp³-hybridized carbons (Fsp3) is 1.00. The molecule has 3 heterocycles. The van der Waals surface area contributed by atoms with Gasteiger partial charge in [0.05, 0.1) is 23.6 Å². The van der Waals surface area contributed by atoms with Crippen LogP contribution in [0.4, 0.5) is 0 Å². The summed E-state index contributed by atoms with van der Waals surface area (Å²) < 4.78 is 35.5. The van der Waals surface area contributed by atoms with Gasteiger partial charge in [-0.05, 0) is 42.9 Å². The van der Waals surface area contributed by atoms with Gasteiger partial charge in [-0.1, -0.05) is 20.8 Å². The average molecular weight is 459 g/mol. The van der Waals surface area contributed by atoms with Crippen molar-refractivity contribution in [3.8, 4) is 0 Å². The Morgan fingerprint density at radius 2 is 1.81 bits per heavy atom. The maximum atomic E-state index is 13.3. The summed E-state index contributed by atoms with van der Waals surface area (Å²) in [6, 6.07) is -0.0971. The highest BCUT2D eigenvalue weighted by molar-refractivity contribution is 7.90. The molecule has 0 bridgehead atoms. The van der Waals surface area contributed by atoms with Crippen molar-refractivity contribution in [3.05, 3.63) is 0 Å². The van der Waals surface area contributed by atoms with Crippen molar-refractivity contribution in [2.24, 2.45) is 17.3 Å². The molecule has 4 N–H and O–H groups in total. The normalized spacial score (nSPS) is 40.9. The Hall–Kier alpha value is -0.330. The van der Waals surface area contributed by atoms with Crippen LogP contribution in [0.5, 0.6) is 0 Å². The quantitative estimate of drug-likeness (QED) is 0.460. The van der Waals surface area contributed by atoms with E-state index in [1.165, 1.54) is 0 Å². The van der Waals surface area contributed by atoms with Crippen molar-refractivity contribution in [2.45, 2.75) is 76.1 Å². The van der Waals surface area contributed by atoms with Gasteiger partial charge >= 0.3 is 0 Å². The predicted octanol–water partition coefficient (Wildman–Crippen LogP) is 0.0786. The van der Waals surface area contributed by atoms with Gasteiger partial charge in [0.1, 0.15) is 0 Å². The average Bonchev–Trinajstić information content (AvgIpc) is 3.36. The molecule has 1 saturated carbocycles. The first-order valence-corrected chi connectivity index (χ1v) is 13.4. The summed E-state index contributed by atoms with van der Waals surface area (Å²) in [6.45, 7) is 10.2. The van der Waals surface area contributed by atoms with E-state index in [1.54, 1.807) is 7.11 Å². The van der Waals surface area contributed by atoms with Crippen molar-refractivity contribution < 1.29 is 13.2 Å². The largest absolute Gasteiger partial charge is 0.380 e. The molecule has 31 heavy (non-hydrogen) atoms. The minimum Gasteiger partial charge on any atom is -0.380 e. The number of nitrogens with one attached hydrogen (secondary N) is 4. The third-order valence-corrected chi connectivity index (χ3v) is 9.95. The lowest BCUT2D eigenvalue weighted by molar-refractivity contribution is 0.00320. The third kappa shape index (κ3) is 4.96. The standard InChI is InChI=1S/C21H42N6O3S/c1-21(2,3)15-11-24-27(13-15)18-9-7-16(12-22-18)31(28,29)25-19-17(30-5)8-6-14-10-23-26(4)20(14)19/h14-20,22-25H,6-13H2,1-5H3. The maximum absolute atomic E-state index is 13.3. The first-order valence-electron chi connectivity index (χ1n) is 11.8. The minimum absolute atomic E-state index is 0.0918. The molecule has 0 radical (unpaired) electrons. The number of nitrogens with zero attached hydrogens (tertiary/aromatic N) is 2. The minimum atomic E-state index is -3.45. The zero-order valence-electron chi connectivity index (χ0n) is 19.7. The molecule has 180 valence electrons. The molecule has 0 aromatic carbocycles. The van der Waals surface area contributed by atoms with Gasteiger partial charge in [0.2, 0.25) is 10.0 Å². The number of fused-ring (bicyclic) bond motifs is 1. The second-order valence-electron chi connectivity index (χ2n) is 11.0. The number of likely N-dealkylation sites (N-methyl/N-ethyl adjacent to an activating group) is 1. The van der Waals surface area contributed by atoms with Crippen molar-refractivity contribution >= 4 is 10.0 Å². The predicted molar refractivity (Wildman–Crippen MR) is 121 cm³/mol. The summed E-state index contributed by atoms with van der Waals surface area (Å²) in [5.41, 5.74) is 7.16. The van der Waals surface area contributed by atoms with E-state index in [-0.39, 0.29) is 29.8 Å². The zero-order valence-corrected chi connectivity index (χ0v) is 20.5.